The number of ether oxygens (including phenoxy) is 2. The Morgan fingerprint density at radius 1 is 0.800 bits per heavy atom. The fraction of sp³-hybridized carbons (Fsp3) is 0.455. The van der Waals surface area contributed by atoms with E-state index in [1.807, 2.05) is 18.2 Å². The molecule has 0 saturated heterocycles. The molecular weight excluding hydrogens is 310 g/mol. The highest BCUT2D eigenvalue weighted by Crippen LogP contribution is 2.26. The lowest BCUT2D eigenvalue weighted by atomic mass is 10.1. The van der Waals surface area contributed by atoms with Crippen molar-refractivity contribution >= 4 is 0 Å². The molecule has 0 atom stereocenters. The van der Waals surface area contributed by atoms with Crippen molar-refractivity contribution in [2.45, 2.75) is 40.8 Å². The summed E-state index contributed by atoms with van der Waals surface area (Å²) in [5.41, 5.74) is 2.44. The first-order valence-electron chi connectivity index (χ1n) is 9.17. The standard InChI is InChI=1S/C22H31NO2/c1-17(2)15-24-21-11-10-20(22(12-21)25-16-18(3)4)14-23-13-19-8-6-5-7-9-19/h5-12,17-18,23H,13-16H2,1-4H3. The lowest BCUT2D eigenvalue weighted by molar-refractivity contribution is 0.256. The molecule has 136 valence electrons. The van der Waals surface area contributed by atoms with Crippen molar-refractivity contribution in [3.8, 4) is 11.5 Å². The summed E-state index contributed by atoms with van der Waals surface area (Å²) in [5.74, 6) is 2.78. The molecular formula is C22H31NO2. The van der Waals surface area contributed by atoms with Crippen LogP contribution in [0.1, 0.15) is 38.8 Å². The average molecular weight is 341 g/mol. The monoisotopic (exact) mass is 341 g/mol. The van der Waals surface area contributed by atoms with Gasteiger partial charge in [0.05, 0.1) is 13.2 Å². The normalized spacial score (nSPS) is 11.1. The predicted molar refractivity (Wildman–Crippen MR) is 104 cm³/mol. The van der Waals surface area contributed by atoms with Gasteiger partial charge in [-0.3, -0.25) is 0 Å². The summed E-state index contributed by atoms with van der Waals surface area (Å²) in [6.07, 6.45) is 0. The lowest BCUT2D eigenvalue weighted by Crippen LogP contribution is -2.15. The Balaban J connectivity index is 2.00. The number of hydrogen-bond acceptors (Lipinski definition) is 3. The number of benzene rings is 2. The second-order valence-corrected chi connectivity index (χ2v) is 7.27. The molecule has 0 spiro atoms. The van der Waals surface area contributed by atoms with Crippen LogP contribution < -0.4 is 14.8 Å². The van der Waals surface area contributed by atoms with Gasteiger partial charge in [-0.2, -0.15) is 0 Å². The van der Waals surface area contributed by atoms with Crippen molar-refractivity contribution in [3.05, 3.63) is 59.7 Å². The van der Waals surface area contributed by atoms with E-state index >= 15 is 0 Å². The molecule has 1 N–H and O–H groups in total. The van der Waals surface area contributed by atoms with Crippen LogP contribution in [0.3, 0.4) is 0 Å². The van der Waals surface area contributed by atoms with Crippen LogP contribution in [0.25, 0.3) is 0 Å². The summed E-state index contributed by atoms with van der Waals surface area (Å²) in [6.45, 7) is 11.7. The predicted octanol–water partition coefficient (Wildman–Crippen LogP) is 5.05. The van der Waals surface area contributed by atoms with Crippen molar-refractivity contribution < 1.29 is 9.47 Å². The maximum absolute atomic E-state index is 6.03. The average Bonchev–Trinajstić information content (AvgIpc) is 2.60. The van der Waals surface area contributed by atoms with Crippen LogP contribution in [0, 0.1) is 11.8 Å². The largest absolute Gasteiger partial charge is 0.493 e. The van der Waals surface area contributed by atoms with Gasteiger partial charge in [0, 0.05) is 24.7 Å². The van der Waals surface area contributed by atoms with Crippen molar-refractivity contribution in [3.63, 3.8) is 0 Å². The topological polar surface area (TPSA) is 30.5 Å². The zero-order valence-corrected chi connectivity index (χ0v) is 15.9. The minimum Gasteiger partial charge on any atom is -0.493 e. The van der Waals surface area contributed by atoms with E-state index < -0.39 is 0 Å². The molecule has 0 aromatic heterocycles. The van der Waals surface area contributed by atoms with Crippen molar-refractivity contribution in [1.82, 2.24) is 5.32 Å². The third-order valence-corrected chi connectivity index (χ3v) is 3.68. The molecule has 3 nitrogen and oxygen atoms in total. The highest BCUT2D eigenvalue weighted by molar-refractivity contribution is 5.41. The van der Waals surface area contributed by atoms with E-state index in [1.54, 1.807) is 0 Å². The molecule has 0 aliphatic carbocycles. The first-order chi connectivity index (χ1) is 12.0. The number of rotatable bonds is 10. The highest BCUT2D eigenvalue weighted by atomic mass is 16.5. The molecule has 0 amide bonds. The van der Waals surface area contributed by atoms with Gasteiger partial charge >= 0.3 is 0 Å². The molecule has 25 heavy (non-hydrogen) atoms. The van der Waals surface area contributed by atoms with E-state index in [1.165, 1.54) is 5.56 Å². The second kappa shape index (κ2) is 10.1. The van der Waals surface area contributed by atoms with Gasteiger partial charge in [0.15, 0.2) is 0 Å². The van der Waals surface area contributed by atoms with Gasteiger partial charge in [-0.1, -0.05) is 64.1 Å². The first-order valence-corrected chi connectivity index (χ1v) is 9.17. The van der Waals surface area contributed by atoms with Crippen LogP contribution in [0.15, 0.2) is 48.5 Å². The maximum Gasteiger partial charge on any atom is 0.127 e. The Kier molecular flexibility index (Phi) is 7.80. The SMILES string of the molecule is CC(C)COc1ccc(CNCc2ccccc2)c(OCC(C)C)c1. The number of nitrogens with one attached hydrogen (secondary N) is 1. The molecule has 2 aromatic carbocycles. The fourth-order valence-electron chi connectivity index (χ4n) is 2.36. The van der Waals surface area contributed by atoms with E-state index in [0.29, 0.717) is 18.4 Å². The van der Waals surface area contributed by atoms with Crippen molar-refractivity contribution in [1.29, 1.82) is 0 Å². The summed E-state index contributed by atoms with van der Waals surface area (Å²) in [7, 11) is 0. The smallest absolute Gasteiger partial charge is 0.127 e. The Morgan fingerprint density at radius 3 is 2.16 bits per heavy atom. The van der Waals surface area contributed by atoms with E-state index in [0.717, 1.165) is 36.8 Å². The summed E-state index contributed by atoms with van der Waals surface area (Å²) in [6, 6.07) is 16.6. The summed E-state index contributed by atoms with van der Waals surface area (Å²) in [4.78, 5) is 0. The Bertz CT molecular complexity index is 623. The molecule has 0 aliphatic heterocycles. The van der Waals surface area contributed by atoms with E-state index in [2.05, 4.69) is 63.3 Å². The second-order valence-electron chi connectivity index (χ2n) is 7.27. The molecule has 0 unspecified atom stereocenters. The molecule has 0 aliphatic rings. The minimum atomic E-state index is 0.491. The van der Waals surface area contributed by atoms with Crippen LogP contribution in [-0.2, 0) is 13.1 Å². The molecule has 2 aromatic rings. The van der Waals surface area contributed by atoms with E-state index in [4.69, 9.17) is 9.47 Å². The molecule has 0 saturated carbocycles. The van der Waals surface area contributed by atoms with Crippen molar-refractivity contribution in [2.75, 3.05) is 13.2 Å². The lowest BCUT2D eigenvalue weighted by Gasteiger charge is -2.16. The third-order valence-electron chi connectivity index (χ3n) is 3.68. The molecule has 0 fully saturated rings. The quantitative estimate of drug-likeness (QED) is 0.656. The van der Waals surface area contributed by atoms with Gasteiger partial charge in [0.1, 0.15) is 11.5 Å². The van der Waals surface area contributed by atoms with Crippen molar-refractivity contribution in [2.24, 2.45) is 11.8 Å². The molecule has 3 heteroatoms. The van der Waals surface area contributed by atoms with Gasteiger partial charge in [-0.05, 0) is 23.5 Å². The Labute approximate surface area is 152 Å². The highest BCUT2D eigenvalue weighted by Gasteiger charge is 2.08. The van der Waals surface area contributed by atoms with Crippen LogP contribution in [0.4, 0.5) is 0 Å². The molecule has 0 heterocycles. The van der Waals surface area contributed by atoms with Crippen LogP contribution in [0.5, 0.6) is 11.5 Å². The van der Waals surface area contributed by atoms with Gasteiger partial charge in [-0.15, -0.1) is 0 Å². The Morgan fingerprint density at radius 2 is 1.48 bits per heavy atom. The van der Waals surface area contributed by atoms with Gasteiger partial charge in [-0.25, -0.2) is 0 Å². The van der Waals surface area contributed by atoms with Crippen LogP contribution in [0.2, 0.25) is 0 Å². The zero-order valence-electron chi connectivity index (χ0n) is 15.9. The number of hydrogen-bond donors (Lipinski definition) is 1. The van der Waals surface area contributed by atoms with Crippen LogP contribution >= 0.6 is 0 Å². The summed E-state index contributed by atoms with van der Waals surface area (Å²) in [5, 5.41) is 3.49. The minimum absolute atomic E-state index is 0.491. The molecule has 0 radical (unpaired) electrons. The van der Waals surface area contributed by atoms with Crippen LogP contribution in [-0.4, -0.2) is 13.2 Å². The van der Waals surface area contributed by atoms with E-state index in [-0.39, 0.29) is 0 Å². The third kappa shape index (κ3) is 7.18. The van der Waals surface area contributed by atoms with Gasteiger partial charge in [0.2, 0.25) is 0 Å². The first kappa shape index (κ1) is 19.3. The van der Waals surface area contributed by atoms with E-state index in [9.17, 15) is 0 Å². The fourth-order valence-corrected chi connectivity index (χ4v) is 2.36. The van der Waals surface area contributed by atoms with Gasteiger partial charge < -0.3 is 14.8 Å². The zero-order chi connectivity index (χ0) is 18.1. The maximum atomic E-state index is 6.03. The molecule has 0 bridgehead atoms. The van der Waals surface area contributed by atoms with Gasteiger partial charge in [0.25, 0.3) is 0 Å². The summed E-state index contributed by atoms with van der Waals surface area (Å²) >= 11 is 0. The Hall–Kier alpha value is -2.00. The molecule has 2 rings (SSSR count). The summed E-state index contributed by atoms with van der Waals surface area (Å²) < 4.78 is 11.9.